The molecule has 0 aliphatic heterocycles. The molecular weight excluding hydrogens is 313 g/mol. The molecule has 2 rings (SSSR count). The van der Waals surface area contributed by atoms with Crippen molar-refractivity contribution in [3.8, 4) is 0 Å². The van der Waals surface area contributed by atoms with E-state index in [-0.39, 0.29) is 35.3 Å². The van der Waals surface area contributed by atoms with E-state index in [4.69, 9.17) is 0 Å². The number of aryl methyl sites for hydroxylation is 1. The zero-order valence-electron chi connectivity index (χ0n) is 9.56. The van der Waals surface area contributed by atoms with Crippen molar-refractivity contribution < 1.29 is 38.3 Å². The van der Waals surface area contributed by atoms with Crippen LogP contribution in [-0.2, 0) is 17.6 Å². The van der Waals surface area contributed by atoms with E-state index >= 15 is 0 Å². The molecule has 3 nitrogen and oxygen atoms in total. The van der Waals surface area contributed by atoms with E-state index in [0.29, 0.717) is 6.42 Å². The molecule has 0 bridgehead atoms. The van der Waals surface area contributed by atoms with Gasteiger partial charge in [-0.3, -0.25) is 4.21 Å². The number of nitrogens with zero attached hydrogens (tertiary/aromatic N) is 1. The Balaban J connectivity index is 0.00000144. The summed E-state index contributed by atoms with van der Waals surface area (Å²) >= 11 is 1.49. The molecule has 1 atom stereocenters. The van der Waals surface area contributed by atoms with Crippen LogP contribution in [-0.4, -0.2) is 19.1 Å². The number of halogens is 1. The second-order valence-corrected chi connectivity index (χ2v) is 5.51. The predicted molar refractivity (Wildman–Crippen MR) is 68.0 cm³/mol. The van der Waals surface area contributed by atoms with Crippen LogP contribution in [0.3, 0.4) is 0 Å². The number of hydrogen-bond donors (Lipinski definition) is 0. The third-order valence-electron chi connectivity index (χ3n) is 2.44. The quantitative estimate of drug-likeness (QED) is 0.571. The Hall–Kier alpha value is 0.350. The zero-order chi connectivity index (χ0) is 11.5. The third kappa shape index (κ3) is 4.19. The molecule has 0 aliphatic carbocycles. The molecule has 1 aromatic heterocycles. The van der Waals surface area contributed by atoms with E-state index in [1.807, 2.05) is 24.4 Å². The van der Waals surface area contributed by atoms with Gasteiger partial charge in [0.1, 0.15) is 0 Å². The van der Waals surface area contributed by atoms with Crippen molar-refractivity contribution >= 4 is 37.9 Å². The summed E-state index contributed by atoms with van der Waals surface area (Å²) in [6.45, 7) is 0.735. The Kier molecular flexibility index (Phi) is 6.40. The first-order chi connectivity index (χ1) is 7.66. The first kappa shape index (κ1) is 15.4. The molecule has 1 aromatic carbocycles. The van der Waals surface area contributed by atoms with Gasteiger partial charge in [0.25, 0.3) is 0 Å². The van der Waals surface area contributed by atoms with Crippen molar-refractivity contribution in [2.45, 2.75) is 13.0 Å². The standard InChI is InChI=1S/C11H12BrNO2S.Na/c12-10-2-3-11-9(8-10)4-6-13(11)5-1-7-16(14)15;/h2-4,6,8H,1,5,7H2,(H,14,15);/q;+1/p-1. The Bertz CT molecular complexity index is 529. The van der Waals surface area contributed by atoms with Gasteiger partial charge in [-0.2, -0.15) is 0 Å². The average Bonchev–Trinajstić information content (AvgIpc) is 2.60. The van der Waals surface area contributed by atoms with Crippen LogP contribution in [0.2, 0.25) is 0 Å². The normalized spacial score (nSPS) is 12.4. The van der Waals surface area contributed by atoms with Crippen LogP contribution in [0.15, 0.2) is 34.9 Å². The summed E-state index contributed by atoms with van der Waals surface area (Å²) in [5.74, 6) is 0.218. The minimum absolute atomic E-state index is 0. The van der Waals surface area contributed by atoms with E-state index in [1.165, 1.54) is 0 Å². The molecule has 0 aliphatic rings. The van der Waals surface area contributed by atoms with E-state index in [2.05, 4.69) is 26.6 Å². The first-order valence-electron chi connectivity index (χ1n) is 4.97. The maximum atomic E-state index is 10.4. The molecular formula is C11H11BrNNaO2S. The Morgan fingerprint density at radius 2 is 2.12 bits per heavy atom. The van der Waals surface area contributed by atoms with Crippen molar-refractivity contribution in [1.82, 2.24) is 4.57 Å². The number of rotatable bonds is 4. The topological polar surface area (TPSA) is 45.1 Å². The minimum Gasteiger partial charge on any atom is -0.772 e. The number of fused-ring (bicyclic) bond motifs is 1. The molecule has 0 radical (unpaired) electrons. The van der Waals surface area contributed by atoms with E-state index in [0.717, 1.165) is 21.9 Å². The summed E-state index contributed by atoms with van der Waals surface area (Å²) in [5.41, 5.74) is 1.14. The van der Waals surface area contributed by atoms with Crippen LogP contribution in [0.5, 0.6) is 0 Å². The number of hydrogen-bond acceptors (Lipinski definition) is 2. The predicted octanol–water partition coefficient (Wildman–Crippen LogP) is -0.323. The summed E-state index contributed by atoms with van der Waals surface area (Å²) in [4.78, 5) is 0. The van der Waals surface area contributed by atoms with Gasteiger partial charge in [0.2, 0.25) is 0 Å². The van der Waals surface area contributed by atoms with Crippen molar-refractivity contribution in [2.24, 2.45) is 0 Å². The van der Waals surface area contributed by atoms with Gasteiger partial charge >= 0.3 is 29.6 Å². The Morgan fingerprint density at radius 1 is 1.35 bits per heavy atom. The van der Waals surface area contributed by atoms with Crippen molar-refractivity contribution in [1.29, 1.82) is 0 Å². The van der Waals surface area contributed by atoms with Gasteiger partial charge in [0.15, 0.2) is 0 Å². The summed E-state index contributed by atoms with van der Waals surface area (Å²) in [5, 5.41) is 1.16. The van der Waals surface area contributed by atoms with Crippen LogP contribution in [0.4, 0.5) is 0 Å². The summed E-state index contributed by atoms with van der Waals surface area (Å²) in [7, 11) is 0. The first-order valence-corrected chi connectivity index (χ1v) is 7.01. The van der Waals surface area contributed by atoms with E-state index in [9.17, 15) is 8.76 Å². The van der Waals surface area contributed by atoms with E-state index < -0.39 is 11.1 Å². The Morgan fingerprint density at radius 3 is 2.82 bits per heavy atom. The molecule has 6 heteroatoms. The monoisotopic (exact) mass is 323 g/mol. The molecule has 1 heterocycles. The van der Waals surface area contributed by atoms with Crippen molar-refractivity contribution in [3.63, 3.8) is 0 Å². The average molecular weight is 324 g/mol. The smallest absolute Gasteiger partial charge is 0.772 e. The maximum Gasteiger partial charge on any atom is 1.00 e. The molecule has 17 heavy (non-hydrogen) atoms. The molecule has 0 amide bonds. The molecule has 0 N–H and O–H groups in total. The van der Waals surface area contributed by atoms with Crippen molar-refractivity contribution in [2.75, 3.05) is 5.75 Å². The fourth-order valence-electron chi connectivity index (χ4n) is 1.72. The van der Waals surface area contributed by atoms with Gasteiger partial charge < -0.3 is 9.12 Å². The molecule has 1 unspecified atom stereocenters. The minimum atomic E-state index is -1.94. The fourth-order valence-corrected chi connectivity index (χ4v) is 2.46. The maximum absolute atomic E-state index is 10.4. The Labute approximate surface area is 133 Å². The SMILES string of the molecule is O=S([O-])CCCn1ccc2cc(Br)ccc21.[Na+]. The third-order valence-corrected chi connectivity index (χ3v) is 3.56. The largest absolute Gasteiger partial charge is 1.00 e. The molecule has 0 saturated heterocycles. The number of benzene rings is 1. The van der Waals surface area contributed by atoms with Gasteiger partial charge in [-0.25, -0.2) is 0 Å². The van der Waals surface area contributed by atoms with Gasteiger partial charge in [-0.05, 0) is 30.7 Å². The van der Waals surface area contributed by atoms with Crippen LogP contribution < -0.4 is 29.6 Å². The van der Waals surface area contributed by atoms with Crippen molar-refractivity contribution in [3.05, 3.63) is 34.9 Å². The molecule has 86 valence electrons. The molecule has 0 spiro atoms. The van der Waals surface area contributed by atoms with Gasteiger partial charge in [-0.1, -0.05) is 27.0 Å². The summed E-state index contributed by atoms with van der Waals surface area (Å²) in [6, 6.07) is 8.12. The molecule has 2 aromatic rings. The van der Waals surface area contributed by atoms with Gasteiger partial charge in [-0.15, -0.1) is 0 Å². The molecule has 0 saturated carbocycles. The van der Waals surface area contributed by atoms with Gasteiger partial charge in [0, 0.05) is 33.9 Å². The second kappa shape index (κ2) is 7.07. The van der Waals surface area contributed by atoms with Crippen LogP contribution >= 0.6 is 15.9 Å². The van der Waals surface area contributed by atoms with E-state index in [1.54, 1.807) is 0 Å². The fraction of sp³-hybridized carbons (Fsp3) is 0.273. The second-order valence-electron chi connectivity index (χ2n) is 3.57. The van der Waals surface area contributed by atoms with Crippen LogP contribution in [0.25, 0.3) is 10.9 Å². The van der Waals surface area contributed by atoms with Crippen LogP contribution in [0.1, 0.15) is 6.42 Å². The number of aromatic nitrogens is 1. The zero-order valence-corrected chi connectivity index (χ0v) is 14.0. The summed E-state index contributed by atoms with van der Waals surface area (Å²) < 4.78 is 24.0. The van der Waals surface area contributed by atoms with Gasteiger partial charge in [0.05, 0.1) is 0 Å². The van der Waals surface area contributed by atoms with Crippen LogP contribution in [0, 0.1) is 0 Å². The molecule has 0 fully saturated rings. The summed E-state index contributed by atoms with van der Waals surface area (Å²) in [6.07, 6.45) is 2.64.